The van der Waals surface area contributed by atoms with Crippen LogP contribution < -0.4 is 5.32 Å². The molecule has 2 aromatic carbocycles. The summed E-state index contributed by atoms with van der Waals surface area (Å²) in [6.07, 6.45) is 2.27. The average Bonchev–Trinajstić information content (AvgIpc) is 3.33. The van der Waals surface area contributed by atoms with Gasteiger partial charge in [-0.1, -0.05) is 35.9 Å². The van der Waals surface area contributed by atoms with Crippen molar-refractivity contribution in [3.63, 3.8) is 0 Å². The molecule has 0 aliphatic carbocycles. The van der Waals surface area contributed by atoms with Crippen LogP contribution in [-0.2, 0) is 4.79 Å². The molecule has 6 nitrogen and oxygen atoms in total. The molecule has 4 rings (SSSR count). The number of nitrogens with zero attached hydrogens (tertiary/aromatic N) is 2. The Morgan fingerprint density at radius 3 is 2.39 bits per heavy atom. The minimum atomic E-state index is -0.914. The molecular formula is C22H18ClN3O3S2. The van der Waals surface area contributed by atoms with Crippen molar-refractivity contribution in [2.24, 2.45) is 0 Å². The number of halogens is 1. The second-order valence-electron chi connectivity index (χ2n) is 6.86. The van der Waals surface area contributed by atoms with Crippen LogP contribution in [0.4, 0.5) is 5.13 Å². The summed E-state index contributed by atoms with van der Waals surface area (Å²) in [6.45, 7) is 0. The summed E-state index contributed by atoms with van der Waals surface area (Å²) in [4.78, 5) is 44.4. The normalized spacial score (nSPS) is 13.9. The van der Waals surface area contributed by atoms with Gasteiger partial charge in [0.15, 0.2) is 5.13 Å². The Morgan fingerprint density at radius 1 is 1.13 bits per heavy atom. The van der Waals surface area contributed by atoms with Crippen LogP contribution in [0.1, 0.15) is 27.1 Å². The fourth-order valence-electron chi connectivity index (χ4n) is 3.37. The van der Waals surface area contributed by atoms with Crippen LogP contribution in [0, 0.1) is 0 Å². The topological polar surface area (TPSA) is 79.4 Å². The van der Waals surface area contributed by atoms with E-state index in [1.807, 2.05) is 23.8 Å². The standard InChI is InChI=1S/C22H18ClN3O3S2/c1-30-11-10-18(26-20(28)15-4-2-3-5-16(15)21(26)29)19(27)25-22-24-17(12-31-22)13-6-8-14(23)9-7-13/h2-9,12,18H,10-11H2,1H3,(H,24,25,27)/t18-/m0/s1. The van der Waals surface area contributed by atoms with Gasteiger partial charge >= 0.3 is 0 Å². The zero-order valence-electron chi connectivity index (χ0n) is 16.5. The molecule has 0 saturated heterocycles. The predicted octanol–water partition coefficient (Wildman–Crippen LogP) is 4.82. The van der Waals surface area contributed by atoms with E-state index in [9.17, 15) is 14.4 Å². The number of thiazole rings is 1. The lowest BCUT2D eigenvalue weighted by Crippen LogP contribution is -2.47. The van der Waals surface area contributed by atoms with Gasteiger partial charge in [-0.25, -0.2) is 4.98 Å². The lowest BCUT2D eigenvalue weighted by molar-refractivity contribution is -0.120. The summed E-state index contributed by atoms with van der Waals surface area (Å²) in [5.41, 5.74) is 2.24. The Balaban J connectivity index is 1.55. The number of aromatic nitrogens is 1. The quantitative estimate of drug-likeness (QED) is 0.500. The van der Waals surface area contributed by atoms with Gasteiger partial charge in [-0.2, -0.15) is 11.8 Å². The van der Waals surface area contributed by atoms with E-state index >= 15 is 0 Å². The van der Waals surface area contributed by atoms with Crippen LogP contribution >= 0.6 is 34.7 Å². The van der Waals surface area contributed by atoms with Gasteiger partial charge in [-0.3, -0.25) is 19.3 Å². The third kappa shape index (κ3) is 4.37. The molecule has 1 N–H and O–H groups in total. The molecule has 9 heteroatoms. The molecule has 0 fully saturated rings. The number of carbonyl (C=O) groups excluding carboxylic acids is 3. The number of benzene rings is 2. The van der Waals surface area contributed by atoms with Gasteiger partial charge in [-0.15, -0.1) is 11.3 Å². The Bertz CT molecular complexity index is 1110. The summed E-state index contributed by atoms with van der Waals surface area (Å²) >= 11 is 8.76. The fourth-order valence-corrected chi connectivity index (χ4v) is 4.68. The van der Waals surface area contributed by atoms with Crippen LogP contribution in [0.15, 0.2) is 53.9 Å². The van der Waals surface area contributed by atoms with E-state index in [4.69, 9.17) is 11.6 Å². The number of hydrogen-bond acceptors (Lipinski definition) is 6. The van der Waals surface area contributed by atoms with Gasteiger partial charge in [-0.05, 0) is 42.7 Å². The lowest BCUT2D eigenvalue weighted by Gasteiger charge is -2.24. The molecule has 1 aromatic heterocycles. The zero-order chi connectivity index (χ0) is 22.0. The van der Waals surface area contributed by atoms with Crippen molar-refractivity contribution in [2.75, 3.05) is 17.3 Å². The molecule has 0 spiro atoms. The van der Waals surface area contributed by atoms with Gasteiger partial charge < -0.3 is 5.32 Å². The van der Waals surface area contributed by atoms with Gasteiger partial charge in [0.05, 0.1) is 16.8 Å². The molecule has 0 radical (unpaired) electrons. The van der Waals surface area contributed by atoms with Crippen molar-refractivity contribution in [2.45, 2.75) is 12.5 Å². The van der Waals surface area contributed by atoms with Crippen LogP contribution in [-0.4, -0.2) is 45.7 Å². The van der Waals surface area contributed by atoms with Crippen LogP contribution in [0.2, 0.25) is 5.02 Å². The van der Waals surface area contributed by atoms with Crippen molar-refractivity contribution in [1.29, 1.82) is 0 Å². The van der Waals surface area contributed by atoms with Crippen LogP contribution in [0.3, 0.4) is 0 Å². The Kier molecular flexibility index (Phi) is 6.41. The van der Waals surface area contributed by atoms with Gasteiger partial charge in [0.25, 0.3) is 11.8 Å². The second-order valence-corrected chi connectivity index (χ2v) is 9.14. The van der Waals surface area contributed by atoms with E-state index in [0.717, 1.165) is 10.5 Å². The number of nitrogens with one attached hydrogen (secondary N) is 1. The van der Waals surface area contributed by atoms with Crippen molar-refractivity contribution < 1.29 is 14.4 Å². The number of hydrogen-bond donors (Lipinski definition) is 1. The summed E-state index contributed by atoms with van der Waals surface area (Å²) in [5.74, 6) is -0.689. The van der Waals surface area contributed by atoms with Gasteiger partial charge in [0.1, 0.15) is 6.04 Å². The van der Waals surface area contributed by atoms with E-state index in [1.54, 1.807) is 48.2 Å². The number of imide groups is 1. The summed E-state index contributed by atoms with van der Waals surface area (Å²) in [5, 5.41) is 5.65. The second kappa shape index (κ2) is 9.21. The van der Waals surface area contributed by atoms with E-state index in [1.165, 1.54) is 11.3 Å². The highest BCUT2D eigenvalue weighted by atomic mass is 35.5. The Morgan fingerprint density at radius 2 is 1.77 bits per heavy atom. The number of rotatable bonds is 7. The maximum absolute atomic E-state index is 13.1. The molecule has 3 amide bonds. The molecule has 3 aromatic rings. The van der Waals surface area contributed by atoms with Crippen molar-refractivity contribution in [1.82, 2.24) is 9.88 Å². The molecule has 31 heavy (non-hydrogen) atoms. The zero-order valence-corrected chi connectivity index (χ0v) is 18.9. The number of fused-ring (bicyclic) bond motifs is 1. The summed E-state index contributed by atoms with van der Waals surface area (Å²) in [7, 11) is 0. The first-order valence-electron chi connectivity index (χ1n) is 9.48. The van der Waals surface area contributed by atoms with Crippen LogP contribution in [0.5, 0.6) is 0 Å². The Hall–Kier alpha value is -2.68. The Labute approximate surface area is 192 Å². The molecule has 1 aliphatic rings. The third-order valence-corrected chi connectivity index (χ3v) is 6.56. The van der Waals surface area contributed by atoms with E-state index in [-0.39, 0.29) is 0 Å². The summed E-state index contributed by atoms with van der Waals surface area (Å²) < 4.78 is 0. The van der Waals surface area contributed by atoms with E-state index in [2.05, 4.69) is 10.3 Å². The first kappa shape index (κ1) is 21.5. The third-order valence-electron chi connectivity index (χ3n) is 4.91. The number of amides is 3. The monoisotopic (exact) mass is 471 g/mol. The molecule has 0 bridgehead atoms. The van der Waals surface area contributed by atoms with Gasteiger partial charge in [0, 0.05) is 16.0 Å². The van der Waals surface area contributed by atoms with Crippen molar-refractivity contribution in [3.05, 3.63) is 70.1 Å². The smallest absolute Gasteiger partial charge is 0.262 e. The predicted molar refractivity (Wildman–Crippen MR) is 125 cm³/mol. The van der Waals surface area contributed by atoms with Gasteiger partial charge in [0.2, 0.25) is 5.91 Å². The largest absolute Gasteiger partial charge is 0.300 e. The van der Waals surface area contributed by atoms with Crippen molar-refractivity contribution in [3.8, 4) is 11.3 Å². The maximum atomic E-state index is 13.1. The highest BCUT2D eigenvalue weighted by Gasteiger charge is 2.42. The number of anilines is 1. The SMILES string of the molecule is CSCC[C@@H](C(=O)Nc1nc(-c2ccc(Cl)cc2)cs1)N1C(=O)c2ccccc2C1=O. The number of carbonyl (C=O) groups is 3. The van der Waals surface area contributed by atoms with E-state index < -0.39 is 23.8 Å². The summed E-state index contributed by atoms with van der Waals surface area (Å²) in [6, 6.07) is 13.0. The lowest BCUT2D eigenvalue weighted by atomic mass is 10.1. The first-order valence-corrected chi connectivity index (χ1v) is 12.1. The minimum Gasteiger partial charge on any atom is -0.300 e. The highest BCUT2D eigenvalue weighted by Crippen LogP contribution is 2.29. The maximum Gasteiger partial charge on any atom is 0.262 e. The molecule has 1 aliphatic heterocycles. The number of thioether (sulfide) groups is 1. The molecular weight excluding hydrogens is 454 g/mol. The highest BCUT2D eigenvalue weighted by molar-refractivity contribution is 7.98. The van der Waals surface area contributed by atoms with Crippen molar-refractivity contribution >= 4 is 57.6 Å². The van der Waals surface area contributed by atoms with E-state index in [0.29, 0.717) is 39.1 Å². The first-order chi connectivity index (χ1) is 15.0. The average molecular weight is 472 g/mol. The molecule has 158 valence electrons. The fraction of sp³-hybridized carbons (Fsp3) is 0.182. The molecule has 0 unspecified atom stereocenters. The van der Waals surface area contributed by atoms with Crippen LogP contribution in [0.25, 0.3) is 11.3 Å². The molecule has 0 saturated carbocycles. The molecule has 1 atom stereocenters. The minimum absolute atomic E-state index is 0.328. The molecule has 2 heterocycles.